The third-order valence-corrected chi connectivity index (χ3v) is 2.60. The smallest absolute Gasteiger partial charge is 0.319 e. The third kappa shape index (κ3) is 5.62. The molecule has 98 valence electrons. The second-order valence-electron chi connectivity index (χ2n) is 4.63. The van der Waals surface area contributed by atoms with Crippen LogP contribution >= 0.6 is 0 Å². The van der Waals surface area contributed by atoms with Crippen LogP contribution in [0.3, 0.4) is 0 Å². The zero-order valence-corrected chi connectivity index (χ0v) is 11.3. The molecule has 3 nitrogen and oxygen atoms in total. The summed E-state index contributed by atoms with van der Waals surface area (Å²) >= 11 is 0. The van der Waals surface area contributed by atoms with Crippen LogP contribution in [-0.2, 0) is 16.1 Å². The first kappa shape index (κ1) is 14.4. The monoisotopic (exact) mass is 247 g/mol. The largest absolute Gasteiger partial charge is 0.334 e. The molecule has 18 heavy (non-hydrogen) atoms. The van der Waals surface area contributed by atoms with Gasteiger partial charge in [0.05, 0.1) is 0 Å². The molecule has 0 aromatic heterocycles. The van der Waals surface area contributed by atoms with Gasteiger partial charge in [-0.05, 0) is 31.2 Å². The van der Waals surface area contributed by atoms with Gasteiger partial charge in [0.2, 0.25) is 0 Å². The van der Waals surface area contributed by atoms with Crippen molar-refractivity contribution in [3.8, 4) is 0 Å². The molecule has 0 saturated carbocycles. The minimum atomic E-state index is -0.267. The fourth-order valence-electron chi connectivity index (χ4n) is 1.59. The Bertz CT molecular complexity index is 395. The molecule has 0 aliphatic rings. The van der Waals surface area contributed by atoms with E-state index in [0.29, 0.717) is 6.42 Å². The highest BCUT2D eigenvalue weighted by atomic mass is 16.7. The highest BCUT2D eigenvalue weighted by molar-refractivity contribution is 5.70. The Balaban J connectivity index is 2.37. The summed E-state index contributed by atoms with van der Waals surface area (Å²) in [5, 5.41) is 3.73. The molecular formula is C15H21NO2. The summed E-state index contributed by atoms with van der Waals surface area (Å²) in [6.07, 6.45) is 3.79. The zero-order valence-electron chi connectivity index (χ0n) is 11.3. The molecule has 1 atom stereocenters. The van der Waals surface area contributed by atoms with E-state index in [-0.39, 0.29) is 11.9 Å². The van der Waals surface area contributed by atoms with Crippen molar-refractivity contribution in [2.45, 2.75) is 40.0 Å². The van der Waals surface area contributed by atoms with Crippen molar-refractivity contribution in [3.05, 3.63) is 35.4 Å². The Labute approximate surface area is 109 Å². The van der Waals surface area contributed by atoms with Gasteiger partial charge in [0.25, 0.3) is 0 Å². The molecule has 0 saturated heterocycles. The van der Waals surface area contributed by atoms with E-state index in [0.717, 1.165) is 12.8 Å². The first-order chi connectivity index (χ1) is 8.61. The molecule has 3 heteroatoms. The quantitative estimate of drug-likeness (QED) is 0.438. The van der Waals surface area contributed by atoms with Gasteiger partial charge in [-0.1, -0.05) is 48.8 Å². The van der Waals surface area contributed by atoms with Crippen molar-refractivity contribution in [2.75, 3.05) is 0 Å². The van der Waals surface area contributed by atoms with Crippen LogP contribution in [0, 0.1) is 12.8 Å². The summed E-state index contributed by atoms with van der Waals surface area (Å²) in [7, 11) is 0. The van der Waals surface area contributed by atoms with Crippen LogP contribution in [0.5, 0.6) is 0 Å². The lowest BCUT2D eigenvalue weighted by Gasteiger charge is -2.05. The van der Waals surface area contributed by atoms with Crippen LogP contribution in [-0.4, -0.2) is 12.2 Å². The molecular weight excluding hydrogens is 226 g/mol. The summed E-state index contributed by atoms with van der Waals surface area (Å²) in [6.45, 7) is 6.06. The highest BCUT2D eigenvalue weighted by Gasteiger charge is 2.02. The van der Waals surface area contributed by atoms with Gasteiger partial charge in [0.1, 0.15) is 0 Å². The Morgan fingerprint density at radius 3 is 2.67 bits per heavy atom. The molecule has 1 unspecified atom stereocenters. The number of rotatable bonds is 6. The van der Waals surface area contributed by atoms with E-state index < -0.39 is 0 Å². The van der Waals surface area contributed by atoms with E-state index in [1.54, 1.807) is 6.21 Å². The van der Waals surface area contributed by atoms with E-state index in [2.05, 4.69) is 43.3 Å². The van der Waals surface area contributed by atoms with Crippen molar-refractivity contribution in [1.82, 2.24) is 0 Å². The number of carbonyl (C=O) groups is 1. The minimum absolute atomic E-state index is 0.252. The van der Waals surface area contributed by atoms with Crippen LogP contribution in [0.1, 0.15) is 37.8 Å². The van der Waals surface area contributed by atoms with Crippen molar-refractivity contribution in [3.63, 3.8) is 0 Å². The maximum atomic E-state index is 11.1. The Hall–Kier alpha value is -1.64. The van der Waals surface area contributed by atoms with Crippen LogP contribution in [0.4, 0.5) is 0 Å². The van der Waals surface area contributed by atoms with E-state index in [4.69, 9.17) is 4.84 Å². The first-order valence-electron chi connectivity index (χ1n) is 6.40. The lowest BCUT2D eigenvalue weighted by molar-refractivity contribution is -0.143. The Kier molecular flexibility index (Phi) is 6.12. The van der Waals surface area contributed by atoms with E-state index in [1.807, 2.05) is 6.92 Å². The maximum absolute atomic E-state index is 11.1. The zero-order chi connectivity index (χ0) is 13.4. The van der Waals surface area contributed by atoms with Crippen LogP contribution in [0.2, 0.25) is 0 Å². The minimum Gasteiger partial charge on any atom is -0.319 e. The third-order valence-electron chi connectivity index (χ3n) is 2.60. The number of hydrogen-bond acceptors (Lipinski definition) is 3. The SMILES string of the molecule is CCCC(=O)ON=CC(C)Cc1ccc(C)cc1. The average Bonchev–Trinajstić information content (AvgIpc) is 2.32. The summed E-state index contributed by atoms with van der Waals surface area (Å²) in [5.41, 5.74) is 2.52. The number of oxime groups is 1. The van der Waals surface area contributed by atoms with Crippen molar-refractivity contribution in [1.29, 1.82) is 0 Å². The molecule has 0 fully saturated rings. The predicted octanol–water partition coefficient (Wildman–Crippen LogP) is 3.50. The van der Waals surface area contributed by atoms with Crippen LogP contribution < -0.4 is 0 Å². The molecule has 0 heterocycles. The van der Waals surface area contributed by atoms with Gasteiger partial charge >= 0.3 is 5.97 Å². The standard InChI is InChI=1S/C15H21NO2/c1-4-5-15(17)18-16-11-13(3)10-14-8-6-12(2)7-9-14/h6-9,11,13H,4-5,10H2,1-3H3. The second-order valence-corrected chi connectivity index (χ2v) is 4.63. The molecule has 1 aromatic carbocycles. The predicted molar refractivity (Wildman–Crippen MR) is 73.5 cm³/mol. The highest BCUT2D eigenvalue weighted by Crippen LogP contribution is 2.08. The Morgan fingerprint density at radius 2 is 2.06 bits per heavy atom. The number of nitrogens with zero attached hydrogens (tertiary/aromatic N) is 1. The van der Waals surface area contributed by atoms with Crippen LogP contribution in [0.15, 0.2) is 29.4 Å². The molecule has 0 amide bonds. The van der Waals surface area contributed by atoms with Gasteiger partial charge in [-0.3, -0.25) is 0 Å². The van der Waals surface area contributed by atoms with Crippen molar-refractivity contribution >= 4 is 12.2 Å². The van der Waals surface area contributed by atoms with E-state index in [9.17, 15) is 4.79 Å². The topological polar surface area (TPSA) is 38.7 Å². The normalized spacial score (nSPS) is 12.6. The molecule has 1 rings (SSSR count). The molecule has 0 spiro atoms. The van der Waals surface area contributed by atoms with Gasteiger partial charge in [-0.15, -0.1) is 0 Å². The van der Waals surface area contributed by atoms with Crippen molar-refractivity contribution in [2.24, 2.45) is 11.1 Å². The average molecular weight is 247 g/mol. The lowest BCUT2D eigenvalue weighted by Crippen LogP contribution is -2.04. The van der Waals surface area contributed by atoms with Gasteiger partial charge < -0.3 is 4.84 Å². The summed E-state index contributed by atoms with van der Waals surface area (Å²) in [6, 6.07) is 8.42. The summed E-state index contributed by atoms with van der Waals surface area (Å²) < 4.78 is 0. The summed E-state index contributed by atoms with van der Waals surface area (Å²) in [4.78, 5) is 15.8. The number of aryl methyl sites for hydroxylation is 1. The fraction of sp³-hybridized carbons (Fsp3) is 0.467. The van der Waals surface area contributed by atoms with Gasteiger partial charge in [-0.2, -0.15) is 0 Å². The Morgan fingerprint density at radius 1 is 1.39 bits per heavy atom. The molecule has 1 aromatic rings. The van der Waals surface area contributed by atoms with Gasteiger partial charge in [0.15, 0.2) is 0 Å². The maximum Gasteiger partial charge on any atom is 0.334 e. The first-order valence-corrected chi connectivity index (χ1v) is 6.40. The van der Waals surface area contributed by atoms with Crippen LogP contribution in [0.25, 0.3) is 0 Å². The van der Waals surface area contributed by atoms with Gasteiger partial charge in [-0.25, -0.2) is 4.79 Å². The van der Waals surface area contributed by atoms with E-state index in [1.165, 1.54) is 11.1 Å². The molecule has 0 aliphatic heterocycles. The molecule has 0 N–H and O–H groups in total. The number of carbonyl (C=O) groups excluding carboxylic acids is 1. The fourth-order valence-corrected chi connectivity index (χ4v) is 1.59. The number of hydrogen-bond donors (Lipinski definition) is 0. The second kappa shape index (κ2) is 7.64. The lowest BCUT2D eigenvalue weighted by atomic mass is 10.0. The molecule has 0 radical (unpaired) electrons. The summed E-state index contributed by atoms with van der Waals surface area (Å²) in [5.74, 6) is -0.0154. The molecule has 0 bridgehead atoms. The van der Waals surface area contributed by atoms with E-state index >= 15 is 0 Å². The molecule has 0 aliphatic carbocycles. The van der Waals surface area contributed by atoms with Gasteiger partial charge in [0, 0.05) is 12.6 Å². The van der Waals surface area contributed by atoms with Crippen molar-refractivity contribution < 1.29 is 9.63 Å². The number of benzene rings is 1.